The number of aryl methyl sites for hydroxylation is 1. The van der Waals surface area contributed by atoms with Gasteiger partial charge in [0.25, 0.3) is 5.91 Å². The highest BCUT2D eigenvalue weighted by molar-refractivity contribution is 6.13. The predicted octanol–water partition coefficient (Wildman–Crippen LogP) is 5.09. The van der Waals surface area contributed by atoms with Crippen LogP contribution in [-0.4, -0.2) is 42.0 Å². The second-order valence-corrected chi connectivity index (χ2v) is 8.74. The van der Waals surface area contributed by atoms with E-state index < -0.39 is 0 Å². The van der Waals surface area contributed by atoms with E-state index in [4.69, 9.17) is 19.2 Å². The van der Waals surface area contributed by atoms with Gasteiger partial charge in [0.1, 0.15) is 5.82 Å². The maximum atomic E-state index is 13.6. The van der Waals surface area contributed by atoms with E-state index in [1.807, 2.05) is 48.0 Å². The van der Waals surface area contributed by atoms with Gasteiger partial charge in [-0.25, -0.2) is 9.67 Å². The van der Waals surface area contributed by atoms with Gasteiger partial charge >= 0.3 is 0 Å². The van der Waals surface area contributed by atoms with E-state index in [0.717, 1.165) is 28.9 Å². The first-order valence-corrected chi connectivity index (χ1v) is 11.6. The summed E-state index contributed by atoms with van der Waals surface area (Å²) >= 11 is 0. The normalized spacial score (nSPS) is 13.0. The van der Waals surface area contributed by atoms with Gasteiger partial charge in [-0.1, -0.05) is 18.2 Å². The topological polar surface area (TPSA) is 87.5 Å². The Morgan fingerprint density at radius 2 is 1.77 bits per heavy atom. The molecule has 0 radical (unpaired) electrons. The van der Waals surface area contributed by atoms with Gasteiger partial charge in [-0.05, 0) is 49.9 Å². The Balaban J connectivity index is 1.59. The standard InChI is InChI=1S/C27H28N4O4/c1-16-14-28-31(15-17-9-10-17)26(16)30-27(32)20-13-22(29-21-8-6-5-7-19(20)21)18-11-23(33-2)25(35-4)24(12-18)34-3/h5-8,11-14,17H,9-10,15H2,1-4H3,(H,30,32). The van der Waals surface area contributed by atoms with Crippen molar-refractivity contribution >= 4 is 22.6 Å². The summed E-state index contributed by atoms with van der Waals surface area (Å²) in [5.41, 5.74) is 3.54. The number of benzene rings is 2. The zero-order valence-corrected chi connectivity index (χ0v) is 20.3. The number of hydrogen-bond donors (Lipinski definition) is 1. The fourth-order valence-electron chi connectivity index (χ4n) is 4.24. The largest absolute Gasteiger partial charge is 0.493 e. The predicted molar refractivity (Wildman–Crippen MR) is 134 cm³/mol. The number of pyridine rings is 1. The Hall–Kier alpha value is -4.07. The van der Waals surface area contributed by atoms with E-state index in [0.29, 0.717) is 39.9 Å². The molecule has 1 aliphatic carbocycles. The van der Waals surface area contributed by atoms with Gasteiger partial charge in [0.05, 0.1) is 44.3 Å². The molecular formula is C27H28N4O4. The molecule has 0 spiro atoms. The van der Waals surface area contributed by atoms with Crippen LogP contribution in [0.1, 0.15) is 28.8 Å². The van der Waals surface area contributed by atoms with Gasteiger partial charge < -0.3 is 19.5 Å². The number of nitrogens with zero attached hydrogens (tertiary/aromatic N) is 3. The summed E-state index contributed by atoms with van der Waals surface area (Å²) in [4.78, 5) is 18.4. The second kappa shape index (κ2) is 9.29. The fourth-order valence-corrected chi connectivity index (χ4v) is 4.24. The number of carbonyl (C=O) groups excluding carboxylic acids is 1. The molecule has 1 fully saturated rings. The number of para-hydroxylation sites is 1. The first-order chi connectivity index (χ1) is 17.0. The van der Waals surface area contributed by atoms with Crippen molar-refractivity contribution in [1.29, 1.82) is 0 Å². The number of rotatable bonds is 8. The number of nitrogens with one attached hydrogen (secondary N) is 1. The smallest absolute Gasteiger partial charge is 0.257 e. The van der Waals surface area contributed by atoms with Crippen molar-refractivity contribution in [3.8, 4) is 28.5 Å². The van der Waals surface area contributed by atoms with Crippen molar-refractivity contribution < 1.29 is 19.0 Å². The lowest BCUT2D eigenvalue weighted by Crippen LogP contribution is -2.17. The van der Waals surface area contributed by atoms with Crippen LogP contribution in [0.15, 0.2) is 48.7 Å². The van der Waals surface area contributed by atoms with Crippen molar-refractivity contribution in [3.05, 3.63) is 59.8 Å². The molecule has 8 nitrogen and oxygen atoms in total. The lowest BCUT2D eigenvalue weighted by Gasteiger charge is -2.15. The maximum absolute atomic E-state index is 13.6. The molecule has 2 aromatic heterocycles. The highest BCUT2D eigenvalue weighted by Gasteiger charge is 2.25. The third-order valence-electron chi connectivity index (χ3n) is 6.30. The molecule has 0 atom stereocenters. The molecule has 0 aliphatic heterocycles. The summed E-state index contributed by atoms with van der Waals surface area (Å²) < 4.78 is 18.4. The third-order valence-corrected chi connectivity index (χ3v) is 6.30. The third kappa shape index (κ3) is 4.39. The molecule has 2 heterocycles. The van der Waals surface area contributed by atoms with Gasteiger partial charge in [-0.15, -0.1) is 0 Å². The lowest BCUT2D eigenvalue weighted by atomic mass is 10.0. The van der Waals surface area contributed by atoms with Crippen molar-refractivity contribution in [2.24, 2.45) is 5.92 Å². The summed E-state index contributed by atoms with van der Waals surface area (Å²) in [6, 6.07) is 13.1. The van der Waals surface area contributed by atoms with Crippen molar-refractivity contribution in [2.75, 3.05) is 26.6 Å². The average molecular weight is 473 g/mol. The zero-order chi connectivity index (χ0) is 24.5. The van der Waals surface area contributed by atoms with Crippen molar-refractivity contribution in [1.82, 2.24) is 14.8 Å². The zero-order valence-electron chi connectivity index (χ0n) is 20.3. The molecule has 180 valence electrons. The summed E-state index contributed by atoms with van der Waals surface area (Å²) in [5.74, 6) is 2.69. The van der Waals surface area contributed by atoms with E-state index in [-0.39, 0.29) is 5.91 Å². The Kier molecular flexibility index (Phi) is 6.03. The van der Waals surface area contributed by atoms with Gasteiger partial charge in [-0.3, -0.25) is 4.79 Å². The quantitative estimate of drug-likeness (QED) is 0.384. The molecule has 1 amide bonds. The highest BCUT2D eigenvalue weighted by atomic mass is 16.5. The molecule has 1 saturated carbocycles. The van der Waals surface area contributed by atoms with Crippen LogP contribution in [-0.2, 0) is 6.54 Å². The summed E-state index contributed by atoms with van der Waals surface area (Å²) in [7, 11) is 4.70. The van der Waals surface area contributed by atoms with E-state index in [2.05, 4.69) is 10.4 Å². The number of ether oxygens (including phenoxy) is 3. The van der Waals surface area contributed by atoms with Crippen LogP contribution in [0.3, 0.4) is 0 Å². The number of hydrogen-bond acceptors (Lipinski definition) is 6. The van der Waals surface area contributed by atoms with Crippen LogP contribution >= 0.6 is 0 Å². The van der Waals surface area contributed by atoms with Gasteiger partial charge in [0.15, 0.2) is 11.5 Å². The van der Waals surface area contributed by atoms with Crippen LogP contribution in [0.5, 0.6) is 17.2 Å². The highest BCUT2D eigenvalue weighted by Crippen LogP contribution is 2.41. The lowest BCUT2D eigenvalue weighted by molar-refractivity contribution is 0.102. The molecule has 8 heteroatoms. The molecule has 35 heavy (non-hydrogen) atoms. The van der Waals surface area contributed by atoms with E-state index in [9.17, 15) is 4.79 Å². The minimum absolute atomic E-state index is 0.210. The number of anilines is 1. The molecule has 0 unspecified atom stereocenters. The number of carbonyl (C=O) groups is 1. The molecular weight excluding hydrogens is 444 g/mol. The fraction of sp³-hybridized carbons (Fsp3) is 0.296. The summed E-state index contributed by atoms with van der Waals surface area (Å²) in [6.07, 6.45) is 4.21. The molecule has 4 aromatic rings. The number of amides is 1. The number of fused-ring (bicyclic) bond motifs is 1. The van der Waals surface area contributed by atoms with Gasteiger partial charge in [-0.2, -0.15) is 5.10 Å². The van der Waals surface area contributed by atoms with Crippen LogP contribution in [0.4, 0.5) is 5.82 Å². The van der Waals surface area contributed by atoms with E-state index in [1.54, 1.807) is 33.6 Å². The Morgan fingerprint density at radius 1 is 1.06 bits per heavy atom. The molecule has 0 bridgehead atoms. The van der Waals surface area contributed by atoms with Crippen molar-refractivity contribution in [2.45, 2.75) is 26.3 Å². The number of methoxy groups -OCH3 is 3. The Labute approximate surface area is 203 Å². The Morgan fingerprint density at radius 3 is 2.43 bits per heavy atom. The molecule has 0 saturated heterocycles. The summed E-state index contributed by atoms with van der Waals surface area (Å²) in [6.45, 7) is 2.77. The van der Waals surface area contributed by atoms with Crippen molar-refractivity contribution in [3.63, 3.8) is 0 Å². The average Bonchev–Trinajstić information content (AvgIpc) is 3.65. The van der Waals surface area contributed by atoms with Crippen LogP contribution in [0, 0.1) is 12.8 Å². The second-order valence-electron chi connectivity index (χ2n) is 8.74. The van der Waals surface area contributed by atoms with Crippen LogP contribution in [0.25, 0.3) is 22.2 Å². The SMILES string of the molecule is COc1cc(-c2cc(C(=O)Nc3c(C)cnn3CC3CC3)c3ccccc3n2)cc(OC)c1OC. The number of aromatic nitrogens is 3. The minimum atomic E-state index is -0.210. The monoisotopic (exact) mass is 472 g/mol. The first kappa shape index (κ1) is 22.7. The van der Waals surface area contributed by atoms with E-state index in [1.165, 1.54) is 12.8 Å². The molecule has 2 aromatic carbocycles. The van der Waals surface area contributed by atoms with Gasteiger partial charge in [0, 0.05) is 23.1 Å². The first-order valence-electron chi connectivity index (χ1n) is 11.6. The van der Waals surface area contributed by atoms with Crippen LogP contribution < -0.4 is 19.5 Å². The van der Waals surface area contributed by atoms with Crippen LogP contribution in [0.2, 0.25) is 0 Å². The molecule has 1 aliphatic rings. The maximum Gasteiger partial charge on any atom is 0.257 e. The minimum Gasteiger partial charge on any atom is -0.493 e. The van der Waals surface area contributed by atoms with E-state index >= 15 is 0 Å². The molecule has 5 rings (SSSR count). The van der Waals surface area contributed by atoms with Gasteiger partial charge in [0.2, 0.25) is 5.75 Å². The molecule has 1 N–H and O–H groups in total. The summed E-state index contributed by atoms with van der Waals surface area (Å²) in [5, 5.41) is 8.35. The Bertz CT molecular complexity index is 1380.